The smallest absolute Gasteiger partial charge is 0.00701 e. The van der Waals surface area contributed by atoms with Crippen LogP contribution in [0.1, 0.15) is 65.2 Å². The van der Waals surface area contributed by atoms with Gasteiger partial charge in [-0.15, -0.1) is 0 Å². The Kier molecular flexibility index (Phi) is 5.45. The van der Waals surface area contributed by atoms with Gasteiger partial charge in [0.05, 0.1) is 0 Å². The molecule has 0 radical (unpaired) electrons. The van der Waals surface area contributed by atoms with Gasteiger partial charge in [-0.1, -0.05) is 39.0 Å². The molecule has 1 fully saturated rings. The number of rotatable bonds is 6. The zero-order valence-corrected chi connectivity index (χ0v) is 9.31. The molecule has 0 aromatic rings. The fraction of sp³-hybridized carbons (Fsp3) is 1.00. The molecular formula is C12H25N. The number of nitrogens with one attached hydrogen (secondary N) is 1. The molecule has 1 rings (SSSR count). The summed E-state index contributed by atoms with van der Waals surface area (Å²) in [6.07, 6.45) is 11.3. The highest BCUT2D eigenvalue weighted by Crippen LogP contribution is 2.17. The molecule has 1 N–H and O–H groups in total. The molecule has 78 valence electrons. The van der Waals surface area contributed by atoms with E-state index in [0.29, 0.717) is 0 Å². The van der Waals surface area contributed by atoms with Crippen LogP contribution in [-0.4, -0.2) is 12.1 Å². The van der Waals surface area contributed by atoms with E-state index in [0.717, 1.165) is 12.1 Å². The fourth-order valence-corrected chi connectivity index (χ4v) is 2.24. The third kappa shape index (κ3) is 4.66. The van der Waals surface area contributed by atoms with Crippen molar-refractivity contribution >= 4 is 0 Å². The fourth-order valence-electron chi connectivity index (χ4n) is 2.24. The molecule has 1 aliphatic heterocycles. The van der Waals surface area contributed by atoms with E-state index in [4.69, 9.17) is 0 Å². The van der Waals surface area contributed by atoms with Gasteiger partial charge in [-0.3, -0.25) is 0 Å². The summed E-state index contributed by atoms with van der Waals surface area (Å²) in [5.41, 5.74) is 0. The Morgan fingerprint density at radius 3 is 2.46 bits per heavy atom. The van der Waals surface area contributed by atoms with Crippen molar-refractivity contribution in [3.8, 4) is 0 Å². The molecule has 1 aliphatic rings. The van der Waals surface area contributed by atoms with Crippen molar-refractivity contribution in [3.05, 3.63) is 0 Å². The highest BCUT2D eigenvalue weighted by atomic mass is 15.0. The van der Waals surface area contributed by atoms with Crippen LogP contribution in [0.15, 0.2) is 0 Å². The van der Waals surface area contributed by atoms with Crippen molar-refractivity contribution in [1.82, 2.24) is 5.32 Å². The molecule has 0 saturated carbocycles. The summed E-state index contributed by atoms with van der Waals surface area (Å²) < 4.78 is 0. The lowest BCUT2D eigenvalue weighted by Gasteiger charge is -2.10. The first-order valence-corrected chi connectivity index (χ1v) is 6.09. The summed E-state index contributed by atoms with van der Waals surface area (Å²) in [5, 5.41) is 3.64. The molecular weight excluding hydrogens is 158 g/mol. The van der Waals surface area contributed by atoms with E-state index in [1.165, 1.54) is 51.4 Å². The lowest BCUT2D eigenvalue weighted by molar-refractivity contribution is 0.490. The van der Waals surface area contributed by atoms with E-state index < -0.39 is 0 Å². The van der Waals surface area contributed by atoms with Gasteiger partial charge in [0.2, 0.25) is 0 Å². The average molecular weight is 183 g/mol. The first-order valence-electron chi connectivity index (χ1n) is 6.09. The molecule has 0 spiro atoms. The lowest BCUT2D eigenvalue weighted by atomic mass is 10.1. The van der Waals surface area contributed by atoms with Crippen LogP contribution in [0.5, 0.6) is 0 Å². The van der Waals surface area contributed by atoms with E-state index in [2.05, 4.69) is 19.2 Å². The molecule has 2 unspecified atom stereocenters. The van der Waals surface area contributed by atoms with Crippen LogP contribution in [0.2, 0.25) is 0 Å². The summed E-state index contributed by atoms with van der Waals surface area (Å²) in [6.45, 7) is 4.58. The first-order chi connectivity index (χ1) is 6.33. The summed E-state index contributed by atoms with van der Waals surface area (Å²) in [7, 11) is 0. The third-order valence-electron chi connectivity index (χ3n) is 3.12. The van der Waals surface area contributed by atoms with Gasteiger partial charge >= 0.3 is 0 Å². The van der Waals surface area contributed by atoms with Crippen molar-refractivity contribution in [2.45, 2.75) is 77.3 Å². The minimum Gasteiger partial charge on any atom is -0.312 e. The van der Waals surface area contributed by atoms with E-state index in [1.54, 1.807) is 0 Å². The minimum absolute atomic E-state index is 0.778. The number of unbranched alkanes of at least 4 members (excludes halogenated alkanes) is 4. The molecule has 0 aromatic heterocycles. The van der Waals surface area contributed by atoms with E-state index in [1.807, 2.05) is 0 Å². The molecule has 0 amide bonds. The van der Waals surface area contributed by atoms with E-state index >= 15 is 0 Å². The molecule has 1 heteroatoms. The number of hydrogen-bond acceptors (Lipinski definition) is 1. The average Bonchev–Trinajstić information content (AvgIpc) is 2.51. The SMILES string of the molecule is CCCCCCCC1CCC(C)N1. The van der Waals surface area contributed by atoms with Gasteiger partial charge in [0.1, 0.15) is 0 Å². The Balaban J connectivity index is 1.88. The molecule has 1 saturated heterocycles. The highest BCUT2D eigenvalue weighted by Gasteiger charge is 2.18. The van der Waals surface area contributed by atoms with E-state index in [9.17, 15) is 0 Å². The zero-order chi connectivity index (χ0) is 9.52. The molecule has 1 nitrogen and oxygen atoms in total. The molecule has 13 heavy (non-hydrogen) atoms. The van der Waals surface area contributed by atoms with Crippen LogP contribution < -0.4 is 5.32 Å². The predicted octanol–water partition coefficient (Wildman–Crippen LogP) is 3.49. The Hall–Kier alpha value is -0.0400. The van der Waals surface area contributed by atoms with Gasteiger partial charge in [0, 0.05) is 12.1 Å². The Morgan fingerprint density at radius 1 is 1.08 bits per heavy atom. The molecule has 0 aromatic carbocycles. The summed E-state index contributed by atoms with van der Waals surface area (Å²) >= 11 is 0. The summed E-state index contributed by atoms with van der Waals surface area (Å²) in [4.78, 5) is 0. The lowest BCUT2D eigenvalue weighted by Crippen LogP contribution is -2.26. The molecule has 1 heterocycles. The van der Waals surface area contributed by atoms with Gasteiger partial charge < -0.3 is 5.32 Å². The van der Waals surface area contributed by atoms with Gasteiger partial charge in [-0.25, -0.2) is 0 Å². The normalized spacial score (nSPS) is 28.2. The van der Waals surface area contributed by atoms with Crippen LogP contribution in [0.4, 0.5) is 0 Å². The minimum atomic E-state index is 0.778. The largest absolute Gasteiger partial charge is 0.312 e. The maximum atomic E-state index is 3.64. The number of hydrogen-bond donors (Lipinski definition) is 1. The third-order valence-corrected chi connectivity index (χ3v) is 3.12. The van der Waals surface area contributed by atoms with Crippen molar-refractivity contribution < 1.29 is 0 Å². The van der Waals surface area contributed by atoms with Crippen LogP contribution in [0.3, 0.4) is 0 Å². The van der Waals surface area contributed by atoms with Crippen LogP contribution >= 0.6 is 0 Å². The first kappa shape index (κ1) is 11.0. The van der Waals surface area contributed by atoms with Crippen molar-refractivity contribution in [3.63, 3.8) is 0 Å². The maximum absolute atomic E-state index is 3.64. The predicted molar refractivity (Wildman–Crippen MR) is 59.0 cm³/mol. The second kappa shape index (κ2) is 6.42. The maximum Gasteiger partial charge on any atom is 0.00701 e. The van der Waals surface area contributed by atoms with E-state index in [-0.39, 0.29) is 0 Å². The second-order valence-corrected chi connectivity index (χ2v) is 4.54. The zero-order valence-electron chi connectivity index (χ0n) is 9.31. The van der Waals surface area contributed by atoms with Gasteiger partial charge in [0.15, 0.2) is 0 Å². The van der Waals surface area contributed by atoms with Crippen molar-refractivity contribution in [2.24, 2.45) is 0 Å². The van der Waals surface area contributed by atoms with Crippen LogP contribution in [0.25, 0.3) is 0 Å². The Labute approximate surface area is 83.3 Å². The summed E-state index contributed by atoms with van der Waals surface area (Å²) in [5.74, 6) is 0. The van der Waals surface area contributed by atoms with Gasteiger partial charge in [-0.05, 0) is 26.2 Å². The topological polar surface area (TPSA) is 12.0 Å². The Morgan fingerprint density at radius 2 is 1.85 bits per heavy atom. The quantitative estimate of drug-likeness (QED) is 0.622. The van der Waals surface area contributed by atoms with Gasteiger partial charge in [-0.2, -0.15) is 0 Å². The monoisotopic (exact) mass is 183 g/mol. The van der Waals surface area contributed by atoms with Gasteiger partial charge in [0.25, 0.3) is 0 Å². The second-order valence-electron chi connectivity index (χ2n) is 4.54. The molecule has 0 aliphatic carbocycles. The van der Waals surface area contributed by atoms with Crippen molar-refractivity contribution in [1.29, 1.82) is 0 Å². The highest BCUT2D eigenvalue weighted by molar-refractivity contribution is 4.80. The standard InChI is InChI=1S/C12H25N/c1-3-4-5-6-7-8-12-10-9-11(2)13-12/h11-13H,3-10H2,1-2H3. The van der Waals surface area contributed by atoms with Crippen LogP contribution in [0, 0.1) is 0 Å². The van der Waals surface area contributed by atoms with Crippen LogP contribution in [-0.2, 0) is 0 Å². The van der Waals surface area contributed by atoms with Crippen molar-refractivity contribution in [2.75, 3.05) is 0 Å². The summed E-state index contributed by atoms with van der Waals surface area (Å²) in [6, 6.07) is 1.62. The Bertz CT molecular complexity index is 122. The molecule has 0 bridgehead atoms. The molecule has 2 atom stereocenters.